The molecule has 0 atom stereocenters. The van der Waals surface area contributed by atoms with Crippen LogP contribution in [-0.4, -0.2) is 50.3 Å². The summed E-state index contributed by atoms with van der Waals surface area (Å²) >= 11 is 0. The predicted octanol–water partition coefficient (Wildman–Crippen LogP) is 1.94. The maximum Gasteiger partial charge on any atom is 0.317 e. The number of hydrogen-bond acceptors (Lipinski definition) is 3. The molecule has 0 unspecified atom stereocenters. The summed E-state index contributed by atoms with van der Waals surface area (Å²) in [5.41, 5.74) is 1.18. The topological polar surface area (TPSA) is 44.8 Å². The number of carbonyl (C=O) groups is 1. The Morgan fingerprint density at radius 3 is 2.25 bits per heavy atom. The van der Waals surface area contributed by atoms with Crippen molar-refractivity contribution in [3.63, 3.8) is 0 Å². The molecule has 2 rings (SSSR count). The molecule has 1 aromatic carbocycles. The van der Waals surface area contributed by atoms with Gasteiger partial charge in [-0.15, -0.1) is 0 Å². The van der Waals surface area contributed by atoms with Gasteiger partial charge in [0.05, 0.1) is 7.11 Å². The molecule has 0 bridgehead atoms. The summed E-state index contributed by atoms with van der Waals surface area (Å²) in [7, 11) is 1.67. The first kappa shape index (κ1) is 14.5. The van der Waals surface area contributed by atoms with Gasteiger partial charge in [-0.25, -0.2) is 4.79 Å². The van der Waals surface area contributed by atoms with Gasteiger partial charge in [-0.2, -0.15) is 0 Å². The Kier molecular flexibility index (Phi) is 4.71. The van der Waals surface area contributed by atoms with E-state index in [1.165, 1.54) is 5.69 Å². The lowest BCUT2D eigenvalue weighted by atomic mass is 10.2. The minimum atomic E-state index is 0.0365. The van der Waals surface area contributed by atoms with Crippen molar-refractivity contribution in [1.82, 2.24) is 10.2 Å². The van der Waals surface area contributed by atoms with E-state index in [2.05, 4.69) is 22.3 Å². The molecule has 5 nitrogen and oxygen atoms in total. The number of benzene rings is 1. The summed E-state index contributed by atoms with van der Waals surface area (Å²) < 4.78 is 5.16. The normalized spacial score (nSPS) is 15.4. The van der Waals surface area contributed by atoms with Gasteiger partial charge in [0.25, 0.3) is 0 Å². The largest absolute Gasteiger partial charge is 0.497 e. The SMILES string of the molecule is COc1ccc(N2CCN(C(=O)NC(C)C)CC2)cc1. The third-order valence-corrected chi connectivity index (χ3v) is 3.42. The lowest BCUT2D eigenvalue weighted by Crippen LogP contribution is -2.52. The van der Waals surface area contributed by atoms with Crippen LogP contribution in [0.15, 0.2) is 24.3 Å². The van der Waals surface area contributed by atoms with Crippen LogP contribution in [0.5, 0.6) is 5.75 Å². The van der Waals surface area contributed by atoms with Crippen molar-refractivity contribution in [2.24, 2.45) is 0 Å². The molecule has 0 spiro atoms. The molecular formula is C15H23N3O2. The predicted molar refractivity (Wildman–Crippen MR) is 80.4 cm³/mol. The summed E-state index contributed by atoms with van der Waals surface area (Å²) in [4.78, 5) is 16.1. The molecule has 1 N–H and O–H groups in total. The van der Waals surface area contributed by atoms with Gasteiger partial charge in [-0.1, -0.05) is 0 Å². The Hall–Kier alpha value is -1.91. The Labute approximate surface area is 120 Å². The van der Waals surface area contributed by atoms with Crippen LogP contribution in [0.2, 0.25) is 0 Å². The molecule has 5 heteroatoms. The minimum Gasteiger partial charge on any atom is -0.497 e. The van der Waals surface area contributed by atoms with Crippen LogP contribution in [0, 0.1) is 0 Å². The number of ether oxygens (including phenoxy) is 1. The number of anilines is 1. The third kappa shape index (κ3) is 3.56. The smallest absolute Gasteiger partial charge is 0.317 e. The first-order chi connectivity index (χ1) is 9.60. The van der Waals surface area contributed by atoms with Gasteiger partial charge in [-0.3, -0.25) is 0 Å². The molecule has 0 saturated carbocycles. The van der Waals surface area contributed by atoms with E-state index in [4.69, 9.17) is 4.74 Å². The molecule has 110 valence electrons. The Morgan fingerprint density at radius 1 is 1.15 bits per heavy atom. The second kappa shape index (κ2) is 6.50. The number of piperazine rings is 1. The Morgan fingerprint density at radius 2 is 1.75 bits per heavy atom. The van der Waals surface area contributed by atoms with Crippen LogP contribution in [0.25, 0.3) is 0 Å². The summed E-state index contributed by atoms with van der Waals surface area (Å²) in [6.45, 7) is 7.18. The van der Waals surface area contributed by atoms with E-state index in [0.29, 0.717) is 0 Å². The fraction of sp³-hybridized carbons (Fsp3) is 0.533. The summed E-state index contributed by atoms with van der Waals surface area (Å²) in [5.74, 6) is 0.865. The van der Waals surface area contributed by atoms with E-state index in [1.54, 1.807) is 7.11 Å². The van der Waals surface area contributed by atoms with Crippen molar-refractivity contribution < 1.29 is 9.53 Å². The highest BCUT2D eigenvalue weighted by molar-refractivity contribution is 5.74. The average molecular weight is 277 g/mol. The van der Waals surface area contributed by atoms with Gasteiger partial charge >= 0.3 is 6.03 Å². The van der Waals surface area contributed by atoms with E-state index in [9.17, 15) is 4.79 Å². The fourth-order valence-corrected chi connectivity index (χ4v) is 2.30. The molecule has 1 aliphatic heterocycles. The zero-order chi connectivity index (χ0) is 14.5. The monoisotopic (exact) mass is 277 g/mol. The standard InChI is InChI=1S/C15H23N3O2/c1-12(2)16-15(19)18-10-8-17(9-11-18)13-4-6-14(20-3)7-5-13/h4-7,12H,8-11H2,1-3H3,(H,16,19). The average Bonchev–Trinajstić information content (AvgIpc) is 2.47. The molecule has 1 heterocycles. The second-order valence-corrected chi connectivity index (χ2v) is 5.28. The summed E-state index contributed by atoms with van der Waals surface area (Å²) in [5, 5.41) is 2.93. The van der Waals surface area contributed by atoms with Crippen molar-refractivity contribution in [1.29, 1.82) is 0 Å². The molecule has 0 radical (unpaired) electrons. The van der Waals surface area contributed by atoms with Crippen LogP contribution in [0.4, 0.5) is 10.5 Å². The Bertz CT molecular complexity index is 437. The lowest BCUT2D eigenvalue weighted by Gasteiger charge is -2.36. The first-order valence-electron chi connectivity index (χ1n) is 7.04. The van der Waals surface area contributed by atoms with Gasteiger partial charge < -0.3 is 19.9 Å². The maximum atomic E-state index is 11.9. The molecular weight excluding hydrogens is 254 g/mol. The molecule has 0 aliphatic carbocycles. The van der Waals surface area contributed by atoms with Gasteiger partial charge in [-0.05, 0) is 38.1 Å². The number of hydrogen-bond donors (Lipinski definition) is 1. The highest BCUT2D eigenvalue weighted by Crippen LogP contribution is 2.20. The number of methoxy groups -OCH3 is 1. The maximum absolute atomic E-state index is 11.9. The van der Waals surface area contributed by atoms with E-state index in [0.717, 1.165) is 31.9 Å². The fourth-order valence-electron chi connectivity index (χ4n) is 2.30. The number of nitrogens with one attached hydrogen (secondary N) is 1. The zero-order valence-electron chi connectivity index (χ0n) is 12.4. The quantitative estimate of drug-likeness (QED) is 0.918. The van der Waals surface area contributed by atoms with Crippen LogP contribution in [0.1, 0.15) is 13.8 Å². The van der Waals surface area contributed by atoms with Crippen molar-refractivity contribution in [2.45, 2.75) is 19.9 Å². The number of nitrogens with zero attached hydrogens (tertiary/aromatic N) is 2. The van der Waals surface area contributed by atoms with E-state index in [-0.39, 0.29) is 12.1 Å². The van der Waals surface area contributed by atoms with Gasteiger partial charge in [0.2, 0.25) is 0 Å². The molecule has 0 aromatic heterocycles. The van der Waals surface area contributed by atoms with Crippen molar-refractivity contribution in [3.8, 4) is 5.75 Å². The van der Waals surface area contributed by atoms with Gasteiger partial charge in [0.1, 0.15) is 5.75 Å². The van der Waals surface area contributed by atoms with E-state index >= 15 is 0 Å². The minimum absolute atomic E-state index is 0.0365. The van der Waals surface area contributed by atoms with Crippen LogP contribution >= 0.6 is 0 Å². The number of amides is 2. The van der Waals surface area contributed by atoms with Crippen LogP contribution < -0.4 is 15.0 Å². The van der Waals surface area contributed by atoms with Crippen LogP contribution in [-0.2, 0) is 0 Å². The van der Waals surface area contributed by atoms with Crippen molar-refractivity contribution >= 4 is 11.7 Å². The van der Waals surface area contributed by atoms with Gasteiger partial charge in [0.15, 0.2) is 0 Å². The number of rotatable bonds is 3. The lowest BCUT2D eigenvalue weighted by molar-refractivity contribution is 0.192. The number of urea groups is 1. The Balaban J connectivity index is 1.88. The van der Waals surface area contributed by atoms with E-state index < -0.39 is 0 Å². The van der Waals surface area contributed by atoms with Crippen LogP contribution in [0.3, 0.4) is 0 Å². The molecule has 20 heavy (non-hydrogen) atoms. The molecule has 1 aromatic rings. The highest BCUT2D eigenvalue weighted by Gasteiger charge is 2.21. The van der Waals surface area contributed by atoms with Gasteiger partial charge in [0, 0.05) is 37.9 Å². The number of carbonyl (C=O) groups excluding carboxylic acids is 1. The first-order valence-corrected chi connectivity index (χ1v) is 7.04. The van der Waals surface area contributed by atoms with E-state index in [1.807, 2.05) is 30.9 Å². The molecule has 1 fully saturated rings. The highest BCUT2D eigenvalue weighted by atomic mass is 16.5. The summed E-state index contributed by atoms with van der Waals surface area (Å²) in [6, 6.07) is 8.27. The summed E-state index contributed by atoms with van der Waals surface area (Å²) in [6.07, 6.45) is 0. The molecule has 1 aliphatic rings. The molecule has 2 amide bonds. The molecule has 1 saturated heterocycles. The van der Waals surface area contributed by atoms with Crippen molar-refractivity contribution in [2.75, 3.05) is 38.2 Å². The third-order valence-electron chi connectivity index (χ3n) is 3.42. The van der Waals surface area contributed by atoms with Crippen molar-refractivity contribution in [3.05, 3.63) is 24.3 Å². The second-order valence-electron chi connectivity index (χ2n) is 5.28. The zero-order valence-corrected chi connectivity index (χ0v) is 12.4.